The number of hydrogen-bond acceptors (Lipinski definition) is 2. The largest absolute Gasteiger partial charge is 0.462 e. The zero-order valence-corrected chi connectivity index (χ0v) is 8.07. The molecule has 0 unspecified atom stereocenters. The summed E-state index contributed by atoms with van der Waals surface area (Å²) in [5, 5.41) is -0.311. The van der Waals surface area contributed by atoms with Gasteiger partial charge >= 0.3 is 5.97 Å². The van der Waals surface area contributed by atoms with Gasteiger partial charge in [-0.1, -0.05) is 11.6 Å². The molecule has 0 spiro atoms. The molecule has 0 bridgehead atoms. The molecule has 1 rings (SSSR count). The van der Waals surface area contributed by atoms with E-state index in [9.17, 15) is 13.6 Å². The van der Waals surface area contributed by atoms with Crippen molar-refractivity contribution in [2.24, 2.45) is 0 Å². The van der Waals surface area contributed by atoms with Crippen molar-refractivity contribution in [3.63, 3.8) is 0 Å². The Labute approximate surface area is 84.4 Å². The number of carbonyl (C=O) groups excluding carboxylic acids is 1. The number of hydrogen-bond donors (Lipinski definition) is 0. The van der Waals surface area contributed by atoms with E-state index in [0.29, 0.717) is 6.07 Å². The fraction of sp³-hybridized carbons (Fsp3) is 0.222. The highest BCUT2D eigenvalue weighted by Crippen LogP contribution is 2.19. The van der Waals surface area contributed by atoms with Crippen molar-refractivity contribution in [3.05, 3.63) is 34.4 Å². The lowest BCUT2D eigenvalue weighted by atomic mass is 10.2. The first-order valence-corrected chi connectivity index (χ1v) is 4.25. The smallest absolute Gasteiger partial charge is 0.341 e. The molecule has 0 aliphatic carbocycles. The Morgan fingerprint density at radius 1 is 1.43 bits per heavy atom. The Kier molecular flexibility index (Phi) is 3.41. The number of rotatable bonds is 2. The molecule has 1 aromatic rings. The molecule has 0 radical (unpaired) electrons. The summed E-state index contributed by atoms with van der Waals surface area (Å²) in [6.45, 7) is 1.70. The Bertz CT molecular complexity index is 366. The summed E-state index contributed by atoms with van der Waals surface area (Å²) < 4.78 is 30.2. The second-order valence-electron chi connectivity index (χ2n) is 2.47. The van der Waals surface area contributed by atoms with Crippen LogP contribution in [-0.4, -0.2) is 12.6 Å². The van der Waals surface area contributed by atoms with Gasteiger partial charge in [-0.3, -0.25) is 0 Å². The third kappa shape index (κ3) is 2.20. The van der Waals surface area contributed by atoms with Crippen molar-refractivity contribution in [3.8, 4) is 0 Å². The maximum atomic E-state index is 13.0. The predicted molar refractivity (Wildman–Crippen MR) is 47.3 cm³/mol. The molecule has 14 heavy (non-hydrogen) atoms. The van der Waals surface area contributed by atoms with Gasteiger partial charge in [-0.15, -0.1) is 0 Å². The van der Waals surface area contributed by atoms with E-state index in [1.165, 1.54) is 0 Å². The first kappa shape index (κ1) is 10.9. The third-order valence-electron chi connectivity index (χ3n) is 1.51. The third-order valence-corrected chi connectivity index (χ3v) is 1.79. The van der Waals surface area contributed by atoms with Crippen LogP contribution in [0, 0.1) is 11.6 Å². The maximum Gasteiger partial charge on any atom is 0.341 e. The molecule has 0 N–H and O–H groups in total. The molecule has 5 heteroatoms. The van der Waals surface area contributed by atoms with Crippen LogP contribution in [0.2, 0.25) is 5.02 Å². The molecular formula is C9H7ClF2O2. The molecule has 0 atom stereocenters. The molecule has 0 fully saturated rings. The molecule has 0 amide bonds. The van der Waals surface area contributed by atoms with Crippen LogP contribution in [0.1, 0.15) is 17.3 Å². The fourth-order valence-corrected chi connectivity index (χ4v) is 1.05. The number of benzene rings is 1. The van der Waals surface area contributed by atoms with E-state index in [-0.39, 0.29) is 17.2 Å². The Hall–Kier alpha value is -1.16. The molecule has 2 nitrogen and oxygen atoms in total. The lowest BCUT2D eigenvalue weighted by Crippen LogP contribution is -2.07. The van der Waals surface area contributed by atoms with Crippen LogP contribution in [0.3, 0.4) is 0 Å². The average molecular weight is 221 g/mol. The summed E-state index contributed by atoms with van der Waals surface area (Å²) in [6, 6.07) is 1.46. The number of esters is 1. The van der Waals surface area contributed by atoms with E-state index in [1.807, 2.05) is 0 Å². The molecular weight excluding hydrogens is 214 g/mol. The minimum absolute atomic E-state index is 0.118. The van der Waals surface area contributed by atoms with Crippen molar-refractivity contribution >= 4 is 17.6 Å². The van der Waals surface area contributed by atoms with Gasteiger partial charge in [0.1, 0.15) is 11.6 Å². The average Bonchev–Trinajstić information content (AvgIpc) is 2.11. The van der Waals surface area contributed by atoms with Crippen LogP contribution in [0.15, 0.2) is 12.1 Å². The van der Waals surface area contributed by atoms with Gasteiger partial charge in [-0.05, 0) is 13.0 Å². The van der Waals surface area contributed by atoms with Gasteiger partial charge in [-0.25, -0.2) is 13.6 Å². The van der Waals surface area contributed by atoms with Crippen LogP contribution < -0.4 is 0 Å². The number of carbonyl (C=O) groups is 1. The first-order valence-electron chi connectivity index (χ1n) is 3.88. The molecule has 0 aromatic heterocycles. The van der Waals surface area contributed by atoms with E-state index >= 15 is 0 Å². The monoisotopic (exact) mass is 220 g/mol. The predicted octanol–water partition coefficient (Wildman–Crippen LogP) is 2.79. The first-order chi connectivity index (χ1) is 6.56. The molecule has 0 aliphatic heterocycles. The highest BCUT2D eigenvalue weighted by Gasteiger charge is 2.15. The van der Waals surface area contributed by atoms with E-state index in [4.69, 9.17) is 11.6 Å². The van der Waals surface area contributed by atoms with Crippen LogP contribution in [-0.2, 0) is 4.74 Å². The van der Waals surface area contributed by atoms with Crippen molar-refractivity contribution in [1.29, 1.82) is 0 Å². The van der Waals surface area contributed by atoms with Gasteiger partial charge in [-0.2, -0.15) is 0 Å². The Morgan fingerprint density at radius 3 is 2.64 bits per heavy atom. The summed E-state index contributed by atoms with van der Waals surface area (Å²) in [7, 11) is 0. The maximum absolute atomic E-state index is 13.0. The van der Waals surface area contributed by atoms with Crippen LogP contribution in [0.5, 0.6) is 0 Å². The molecule has 76 valence electrons. The highest BCUT2D eigenvalue weighted by molar-refractivity contribution is 6.31. The fourth-order valence-electron chi connectivity index (χ4n) is 0.888. The summed E-state index contributed by atoms with van der Waals surface area (Å²) in [5.74, 6) is -2.74. The summed E-state index contributed by atoms with van der Waals surface area (Å²) in [4.78, 5) is 11.1. The quantitative estimate of drug-likeness (QED) is 0.566. The number of halogens is 3. The van der Waals surface area contributed by atoms with E-state index in [2.05, 4.69) is 4.74 Å². The zero-order chi connectivity index (χ0) is 10.7. The van der Waals surface area contributed by atoms with Crippen molar-refractivity contribution < 1.29 is 18.3 Å². The van der Waals surface area contributed by atoms with Gasteiger partial charge < -0.3 is 4.74 Å². The van der Waals surface area contributed by atoms with Crippen LogP contribution in [0.4, 0.5) is 8.78 Å². The topological polar surface area (TPSA) is 26.3 Å². The van der Waals surface area contributed by atoms with Gasteiger partial charge in [0.25, 0.3) is 0 Å². The molecule has 1 aromatic carbocycles. The molecule has 0 heterocycles. The van der Waals surface area contributed by atoms with Crippen LogP contribution in [0.25, 0.3) is 0 Å². The highest BCUT2D eigenvalue weighted by atomic mass is 35.5. The van der Waals surface area contributed by atoms with Gasteiger partial charge in [0, 0.05) is 6.07 Å². The lowest BCUT2D eigenvalue weighted by molar-refractivity contribution is 0.0521. The normalized spacial score (nSPS) is 10.0. The molecule has 0 saturated heterocycles. The van der Waals surface area contributed by atoms with Crippen molar-refractivity contribution in [1.82, 2.24) is 0 Å². The Morgan fingerprint density at radius 2 is 2.07 bits per heavy atom. The van der Waals surface area contributed by atoms with E-state index in [1.54, 1.807) is 6.92 Å². The molecule has 0 aliphatic rings. The minimum atomic E-state index is -0.981. The second-order valence-corrected chi connectivity index (χ2v) is 2.87. The van der Waals surface area contributed by atoms with Crippen molar-refractivity contribution in [2.75, 3.05) is 6.61 Å². The van der Waals surface area contributed by atoms with Gasteiger partial charge in [0.05, 0.1) is 17.2 Å². The lowest BCUT2D eigenvalue weighted by Gasteiger charge is -2.03. The Balaban J connectivity index is 3.09. The standard InChI is InChI=1S/C9H7ClF2O2/c1-2-14-9(13)5-3-6(10)8(12)4-7(5)11/h3-4H,2H2,1H3. The SMILES string of the molecule is CCOC(=O)c1cc(Cl)c(F)cc1F. The van der Waals surface area contributed by atoms with Crippen molar-refractivity contribution in [2.45, 2.75) is 6.92 Å². The second kappa shape index (κ2) is 4.37. The zero-order valence-electron chi connectivity index (χ0n) is 7.31. The number of ether oxygens (including phenoxy) is 1. The minimum Gasteiger partial charge on any atom is -0.462 e. The van der Waals surface area contributed by atoms with E-state index < -0.39 is 17.6 Å². The van der Waals surface area contributed by atoms with Gasteiger partial charge in [0.2, 0.25) is 0 Å². The van der Waals surface area contributed by atoms with Crippen LogP contribution >= 0.6 is 11.6 Å². The summed E-state index contributed by atoms with van der Waals surface area (Å²) >= 11 is 5.38. The van der Waals surface area contributed by atoms with Gasteiger partial charge in [0.15, 0.2) is 0 Å². The van der Waals surface area contributed by atoms with E-state index in [0.717, 1.165) is 6.07 Å². The summed E-state index contributed by atoms with van der Waals surface area (Å²) in [5.41, 5.74) is -0.363. The molecule has 0 saturated carbocycles. The summed E-state index contributed by atoms with van der Waals surface area (Å²) in [6.07, 6.45) is 0.